The number of hydrogen-bond acceptors (Lipinski definition) is 6. The average Bonchev–Trinajstić information content (AvgIpc) is 3.11. The maximum absolute atomic E-state index is 12.6. The summed E-state index contributed by atoms with van der Waals surface area (Å²) in [5.41, 5.74) is 0.207. The van der Waals surface area contributed by atoms with E-state index in [1.54, 1.807) is 14.0 Å². The normalized spacial score (nSPS) is 25.2. The number of Topliss-reactive ketones (excluding diaryl/α,β-unsaturated/α-hetero) is 1. The molecule has 3 rings (SSSR count). The van der Waals surface area contributed by atoms with Gasteiger partial charge in [-0.15, -0.1) is 0 Å². The van der Waals surface area contributed by atoms with Crippen LogP contribution in [-0.4, -0.2) is 54.2 Å². The first-order valence-corrected chi connectivity index (χ1v) is 7.48. The summed E-state index contributed by atoms with van der Waals surface area (Å²) in [6.07, 6.45) is 2.21. The van der Waals surface area contributed by atoms with E-state index in [2.05, 4.69) is 5.16 Å². The standard InChI is InChI=1S/C15H20N2O5/c1-10-11(9-20-2)13(16-22-10)14(19)17-6-5-15(12(18)8-17)4-3-7-21-15/h3-9H2,1-2H3/t15-/m1/s1. The van der Waals surface area contributed by atoms with E-state index in [9.17, 15) is 9.59 Å². The van der Waals surface area contributed by atoms with Gasteiger partial charge in [0.2, 0.25) is 0 Å². The first-order chi connectivity index (χ1) is 10.6. The number of piperidine rings is 1. The van der Waals surface area contributed by atoms with Gasteiger partial charge in [-0.2, -0.15) is 0 Å². The monoisotopic (exact) mass is 308 g/mol. The molecule has 7 heteroatoms. The maximum Gasteiger partial charge on any atom is 0.276 e. The van der Waals surface area contributed by atoms with Crippen molar-refractivity contribution < 1.29 is 23.6 Å². The number of ether oxygens (including phenoxy) is 2. The van der Waals surface area contributed by atoms with Crippen molar-refractivity contribution in [3.05, 3.63) is 17.0 Å². The fourth-order valence-electron chi connectivity index (χ4n) is 3.16. The summed E-state index contributed by atoms with van der Waals surface area (Å²) in [6.45, 7) is 3.17. The number of ketones is 1. The van der Waals surface area contributed by atoms with Gasteiger partial charge < -0.3 is 18.9 Å². The van der Waals surface area contributed by atoms with Crippen molar-refractivity contribution in [2.45, 2.75) is 38.4 Å². The molecule has 1 amide bonds. The first kappa shape index (κ1) is 15.2. The molecule has 0 saturated carbocycles. The molecule has 0 aromatic carbocycles. The minimum Gasteiger partial charge on any atom is -0.380 e. The molecule has 1 aromatic rings. The Morgan fingerprint density at radius 3 is 2.91 bits per heavy atom. The van der Waals surface area contributed by atoms with Crippen LogP contribution in [0.4, 0.5) is 0 Å². The second kappa shape index (κ2) is 5.81. The summed E-state index contributed by atoms with van der Waals surface area (Å²) in [6, 6.07) is 0. The molecule has 120 valence electrons. The molecule has 1 spiro atoms. The lowest BCUT2D eigenvalue weighted by Gasteiger charge is -2.36. The summed E-state index contributed by atoms with van der Waals surface area (Å²) >= 11 is 0. The third-order valence-electron chi connectivity index (χ3n) is 4.49. The Balaban J connectivity index is 1.75. The molecule has 0 aliphatic carbocycles. The molecule has 2 aliphatic heterocycles. The molecule has 0 radical (unpaired) electrons. The molecule has 2 fully saturated rings. The van der Waals surface area contributed by atoms with Crippen molar-refractivity contribution >= 4 is 11.7 Å². The lowest BCUT2D eigenvalue weighted by Crippen LogP contribution is -2.54. The van der Waals surface area contributed by atoms with E-state index in [0.29, 0.717) is 30.9 Å². The number of hydrogen-bond donors (Lipinski definition) is 0. The van der Waals surface area contributed by atoms with E-state index in [4.69, 9.17) is 14.0 Å². The summed E-state index contributed by atoms with van der Waals surface area (Å²) in [5.74, 6) is 0.257. The van der Waals surface area contributed by atoms with Gasteiger partial charge in [-0.1, -0.05) is 5.16 Å². The highest BCUT2D eigenvalue weighted by Gasteiger charge is 2.46. The van der Waals surface area contributed by atoms with Gasteiger partial charge >= 0.3 is 0 Å². The number of methoxy groups -OCH3 is 1. The molecule has 7 nitrogen and oxygen atoms in total. The number of carbonyl (C=O) groups is 2. The summed E-state index contributed by atoms with van der Waals surface area (Å²) in [5, 5.41) is 3.83. The van der Waals surface area contributed by atoms with Crippen LogP contribution in [0.1, 0.15) is 41.1 Å². The maximum atomic E-state index is 12.6. The quantitative estimate of drug-likeness (QED) is 0.831. The van der Waals surface area contributed by atoms with Gasteiger partial charge in [0.05, 0.1) is 18.7 Å². The largest absolute Gasteiger partial charge is 0.380 e. The second-order valence-electron chi connectivity index (χ2n) is 5.85. The number of amides is 1. The lowest BCUT2D eigenvalue weighted by molar-refractivity contribution is -0.144. The molecule has 2 aliphatic rings. The Morgan fingerprint density at radius 1 is 1.45 bits per heavy atom. The highest BCUT2D eigenvalue weighted by atomic mass is 16.5. The highest BCUT2D eigenvalue weighted by Crippen LogP contribution is 2.33. The van der Waals surface area contributed by atoms with Crippen molar-refractivity contribution in [3.8, 4) is 0 Å². The van der Waals surface area contributed by atoms with Crippen LogP contribution in [0.5, 0.6) is 0 Å². The summed E-state index contributed by atoms with van der Waals surface area (Å²) in [7, 11) is 1.55. The minimum atomic E-state index is -0.661. The van der Waals surface area contributed by atoms with E-state index in [1.807, 2.05) is 0 Å². The van der Waals surface area contributed by atoms with Gasteiger partial charge in [-0.25, -0.2) is 0 Å². The predicted octanol–water partition coefficient (Wildman–Crippen LogP) is 1.09. The summed E-state index contributed by atoms with van der Waals surface area (Å²) in [4.78, 5) is 26.5. The third-order valence-corrected chi connectivity index (χ3v) is 4.49. The molecule has 0 unspecified atom stereocenters. The van der Waals surface area contributed by atoms with Crippen molar-refractivity contribution in [1.82, 2.24) is 10.1 Å². The number of nitrogens with zero attached hydrogens (tertiary/aromatic N) is 2. The molecule has 22 heavy (non-hydrogen) atoms. The molecule has 2 saturated heterocycles. The Kier molecular flexibility index (Phi) is 4.01. The number of carbonyl (C=O) groups excluding carboxylic acids is 2. The Hall–Kier alpha value is -1.73. The zero-order chi connectivity index (χ0) is 15.7. The van der Waals surface area contributed by atoms with Crippen LogP contribution >= 0.6 is 0 Å². The van der Waals surface area contributed by atoms with Crippen molar-refractivity contribution in [3.63, 3.8) is 0 Å². The van der Waals surface area contributed by atoms with Crippen LogP contribution in [0.2, 0.25) is 0 Å². The van der Waals surface area contributed by atoms with Crippen LogP contribution in [-0.2, 0) is 20.9 Å². The molecule has 1 aromatic heterocycles. The van der Waals surface area contributed by atoms with Crippen molar-refractivity contribution in [2.75, 3.05) is 26.8 Å². The van der Waals surface area contributed by atoms with E-state index in [1.165, 1.54) is 4.90 Å². The van der Waals surface area contributed by atoms with E-state index < -0.39 is 5.60 Å². The van der Waals surface area contributed by atoms with Crippen molar-refractivity contribution in [2.24, 2.45) is 0 Å². The third kappa shape index (κ3) is 2.44. The fourth-order valence-corrected chi connectivity index (χ4v) is 3.16. The molecule has 1 atom stereocenters. The number of aryl methyl sites for hydroxylation is 1. The molecule has 0 bridgehead atoms. The van der Waals surface area contributed by atoms with Crippen LogP contribution in [0.3, 0.4) is 0 Å². The number of likely N-dealkylation sites (tertiary alicyclic amines) is 1. The average molecular weight is 308 g/mol. The van der Waals surface area contributed by atoms with Crippen molar-refractivity contribution in [1.29, 1.82) is 0 Å². The first-order valence-electron chi connectivity index (χ1n) is 7.48. The minimum absolute atomic E-state index is 0.0156. The highest BCUT2D eigenvalue weighted by molar-refractivity contribution is 5.99. The Bertz CT molecular complexity index is 589. The zero-order valence-corrected chi connectivity index (χ0v) is 12.9. The van der Waals surface area contributed by atoms with E-state index in [0.717, 1.165) is 12.8 Å². The van der Waals surface area contributed by atoms with E-state index >= 15 is 0 Å². The number of rotatable bonds is 3. The molecular weight excluding hydrogens is 288 g/mol. The Labute approximate surface area is 128 Å². The topological polar surface area (TPSA) is 81.9 Å². The Morgan fingerprint density at radius 2 is 2.27 bits per heavy atom. The van der Waals surface area contributed by atoms with Gasteiger partial charge in [-0.05, 0) is 19.8 Å². The van der Waals surface area contributed by atoms with Crippen LogP contribution in [0.15, 0.2) is 4.52 Å². The van der Waals surface area contributed by atoms with Crippen LogP contribution < -0.4 is 0 Å². The van der Waals surface area contributed by atoms with Crippen LogP contribution in [0, 0.1) is 6.92 Å². The molecule has 0 N–H and O–H groups in total. The van der Waals surface area contributed by atoms with Gasteiger partial charge in [-0.3, -0.25) is 9.59 Å². The van der Waals surface area contributed by atoms with Gasteiger partial charge in [0.15, 0.2) is 11.5 Å². The van der Waals surface area contributed by atoms with Gasteiger partial charge in [0, 0.05) is 26.7 Å². The predicted molar refractivity (Wildman–Crippen MR) is 75.4 cm³/mol. The second-order valence-corrected chi connectivity index (χ2v) is 5.85. The lowest BCUT2D eigenvalue weighted by atomic mass is 9.87. The van der Waals surface area contributed by atoms with Crippen LogP contribution in [0.25, 0.3) is 0 Å². The fraction of sp³-hybridized carbons (Fsp3) is 0.667. The summed E-state index contributed by atoms with van der Waals surface area (Å²) < 4.78 is 15.8. The molecular formula is C15H20N2O5. The number of aromatic nitrogens is 1. The molecule has 3 heterocycles. The zero-order valence-electron chi connectivity index (χ0n) is 12.9. The van der Waals surface area contributed by atoms with Gasteiger partial charge in [0.1, 0.15) is 11.4 Å². The smallest absolute Gasteiger partial charge is 0.276 e. The SMILES string of the molecule is COCc1c(C(=O)N2CC[C@]3(CCCO3)C(=O)C2)noc1C. The van der Waals surface area contributed by atoms with Gasteiger partial charge in [0.25, 0.3) is 5.91 Å². The van der Waals surface area contributed by atoms with E-state index in [-0.39, 0.29) is 30.5 Å².